The Balaban J connectivity index is 1.74. The van der Waals surface area contributed by atoms with E-state index in [2.05, 4.69) is 10.4 Å². The van der Waals surface area contributed by atoms with Crippen LogP contribution in [0.3, 0.4) is 0 Å². The highest BCUT2D eigenvalue weighted by Crippen LogP contribution is 2.33. The molecule has 1 atom stereocenters. The van der Waals surface area contributed by atoms with Gasteiger partial charge in [-0.15, -0.1) is 0 Å². The van der Waals surface area contributed by atoms with Crippen molar-refractivity contribution in [3.63, 3.8) is 0 Å². The number of likely N-dealkylation sites (N-methyl/N-ethyl adjacent to an activating group) is 1. The Hall–Kier alpha value is -2.34. The molecule has 0 radical (unpaired) electrons. The van der Waals surface area contributed by atoms with Crippen LogP contribution < -0.4 is 5.32 Å². The lowest BCUT2D eigenvalue weighted by Crippen LogP contribution is -2.40. The summed E-state index contributed by atoms with van der Waals surface area (Å²) in [5.41, 5.74) is 2.65. The lowest BCUT2D eigenvalue weighted by atomic mass is 9.92. The molecule has 2 amide bonds. The van der Waals surface area contributed by atoms with Crippen LogP contribution in [-0.2, 0) is 23.1 Å². The monoisotopic (exact) mass is 346 g/mol. The number of anilines is 1. The molecule has 0 bridgehead atoms. The van der Waals surface area contributed by atoms with Gasteiger partial charge < -0.3 is 10.2 Å². The van der Waals surface area contributed by atoms with Crippen LogP contribution in [0, 0.1) is 0 Å². The maximum Gasteiger partial charge on any atom is 0.313 e. The van der Waals surface area contributed by atoms with Gasteiger partial charge in [0, 0.05) is 36.1 Å². The Bertz CT molecular complexity index is 787. The third-order valence-electron chi connectivity index (χ3n) is 4.41. The van der Waals surface area contributed by atoms with Crippen LogP contribution >= 0.6 is 11.6 Å². The zero-order chi connectivity index (χ0) is 17.3. The maximum atomic E-state index is 12.5. The first-order chi connectivity index (χ1) is 11.5. The highest BCUT2D eigenvalue weighted by atomic mass is 35.5. The molecule has 0 saturated heterocycles. The number of amides is 2. The van der Waals surface area contributed by atoms with Crippen molar-refractivity contribution in [3.8, 4) is 0 Å². The van der Waals surface area contributed by atoms with Crippen molar-refractivity contribution in [3.05, 3.63) is 46.7 Å². The van der Waals surface area contributed by atoms with Crippen molar-refractivity contribution in [2.75, 3.05) is 12.4 Å². The molecule has 1 aromatic heterocycles. The second-order valence-electron chi connectivity index (χ2n) is 5.96. The third kappa shape index (κ3) is 3.14. The van der Waals surface area contributed by atoms with Gasteiger partial charge in [-0.25, -0.2) is 0 Å². The Labute approximate surface area is 145 Å². The van der Waals surface area contributed by atoms with Crippen molar-refractivity contribution in [2.45, 2.75) is 25.3 Å². The fourth-order valence-electron chi connectivity index (χ4n) is 3.14. The molecular weight excluding hydrogens is 328 g/mol. The third-order valence-corrected chi connectivity index (χ3v) is 4.64. The van der Waals surface area contributed by atoms with Gasteiger partial charge in [-0.3, -0.25) is 14.3 Å². The van der Waals surface area contributed by atoms with Crippen molar-refractivity contribution >= 4 is 29.1 Å². The molecule has 0 unspecified atom stereocenters. The smallest absolute Gasteiger partial charge is 0.313 e. The van der Waals surface area contributed by atoms with Gasteiger partial charge in [0.05, 0.1) is 12.2 Å². The van der Waals surface area contributed by atoms with E-state index < -0.39 is 11.8 Å². The first-order valence-corrected chi connectivity index (χ1v) is 8.19. The molecular formula is C17H19ClN4O2. The summed E-state index contributed by atoms with van der Waals surface area (Å²) in [4.78, 5) is 26.3. The van der Waals surface area contributed by atoms with E-state index in [0.29, 0.717) is 10.7 Å². The highest BCUT2D eigenvalue weighted by Gasteiger charge is 2.31. The van der Waals surface area contributed by atoms with Crippen LogP contribution in [0.5, 0.6) is 0 Å². The summed E-state index contributed by atoms with van der Waals surface area (Å²) in [5, 5.41) is 7.37. The second kappa shape index (κ2) is 6.65. The van der Waals surface area contributed by atoms with Crippen LogP contribution in [0.25, 0.3) is 0 Å². The highest BCUT2D eigenvalue weighted by molar-refractivity contribution is 6.39. The maximum absolute atomic E-state index is 12.5. The van der Waals surface area contributed by atoms with Gasteiger partial charge in [0.2, 0.25) is 0 Å². The molecule has 0 spiro atoms. The molecule has 1 aliphatic rings. The average molecular weight is 347 g/mol. The summed E-state index contributed by atoms with van der Waals surface area (Å²) in [6.45, 7) is 0. The minimum atomic E-state index is -0.671. The van der Waals surface area contributed by atoms with Gasteiger partial charge in [0.1, 0.15) is 0 Å². The van der Waals surface area contributed by atoms with E-state index in [1.54, 1.807) is 37.5 Å². The molecule has 1 aliphatic carbocycles. The number of aryl methyl sites for hydroxylation is 1. The molecule has 6 nitrogen and oxygen atoms in total. The van der Waals surface area contributed by atoms with Crippen molar-refractivity contribution < 1.29 is 9.59 Å². The predicted molar refractivity (Wildman–Crippen MR) is 91.7 cm³/mol. The lowest BCUT2D eigenvalue weighted by molar-refractivity contribution is -0.144. The fraction of sp³-hybridized carbons (Fsp3) is 0.353. The van der Waals surface area contributed by atoms with Crippen LogP contribution in [0.1, 0.15) is 30.1 Å². The summed E-state index contributed by atoms with van der Waals surface area (Å²) < 4.78 is 1.84. The van der Waals surface area contributed by atoms with E-state index in [1.807, 2.05) is 11.7 Å². The molecule has 0 saturated carbocycles. The van der Waals surface area contributed by atoms with Gasteiger partial charge in [0.25, 0.3) is 0 Å². The number of hydrogen-bond donors (Lipinski definition) is 1. The molecule has 0 fully saturated rings. The number of nitrogens with one attached hydrogen (secondary N) is 1. The fourth-order valence-corrected chi connectivity index (χ4v) is 3.33. The van der Waals surface area contributed by atoms with Gasteiger partial charge >= 0.3 is 11.8 Å². The number of hydrogen-bond acceptors (Lipinski definition) is 3. The van der Waals surface area contributed by atoms with Gasteiger partial charge in [-0.2, -0.15) is 5.10 Å². The molecule has 24 heavy (non-hydrogen) atoms. The summed E-state index contributed by atoms with van der Waals surface area (Å²) >= 11 is 5.89. The molecule has 3 rings (SSSR count). The van der Waals surface area contributed by atoms with Gasteiger partial charge in [-0.05, 0) is 37.5 Å². The summed E-state index contributed by atoms with van der Waals surface area (Å²) in [7, 11) is 3.56. The largest absolute Gasteiger partial charge is 0.330 e. The van der Waals surface area contributed by atoms with Gasteiger partial charge in [0.15, 0.2) is 0 Å². The molecule has 1 aromatic carbocycles. The Morgan fingerprint density at radius 1 is 1.42 bits per heavy atom. The van der Waals surface area contributed by atoms with Crippen molar-refractivity contribution in [1.29, 1.82) is 0 Å². The minimum Gasteiger partial charge on any atom is -0.330 e. The summed E-state index contributed by atoms with van der Waals surface area (Å²) in [6, 6.07) is 6.59. The van der Waals surface area contributed by atoms with Crippen LogP contribution in [-0.4, -0.2) is 33.5 Å². The number of aromatic nitrogens is 2. The van der Waals surface area contributed by atoms with Crippen LogP contribution in [0.15, 0.2) is 30.5 Å². The topological polar surface area (TPSA) is 67.2 Å². The van der Waals surface area contributed by atoms with E-state index in [4.69, 9.17) is 11.6 Å². The first kappa shape index (κ1) is 16.5. The van der Waals surface area contributed by atoms with E-state index in [-0.39, 0.29) is 6.04 Å². The number of fused-ring (bicyclic) bond motifs is 1. The molecule has 126 valence electrons. The minimum absolute atomic E-state index is 0.125. The Morgan fingerprint density at radius 3 is 2.96 bits per heavy atom. The molecule has 7 heteroatoms. The summed E-state index contributed by atoms with van der Waals surface area (Å²) in [6.07, 6.45) is 4.52. The number of carbonyl (C=O) groups excluding carboxylic acids is 2. The predicted octanol–water partition coefficient (Wildman–Crippen LogP) is 2.55. The molecule has 1 heterocycles. The Morgan fingerprint density at radius 2 is 2.21 bits per heavy atom. The zero-order valence-corrected chi connectivity index (χ0v) is 14.4. The normalized spacial score (nSPS) is 16.4. The standard InChI is InChI=1S/C17H19ClN4O2/c1-21(14-7-4-8-15-13(14)10-19-22(15)2)17(24)16(23)20-12-6-3-5-11(18)9-12/h3,5-6,9-10,14H,4,7-8H2,1-2H3,(H,20,23)/t14-/m1/s1. The van der Waals surface area contributed by atoms with E-state index in [1.165, 1.54) is 4.90 Å². The number of rotatable bonds is 2. The first-order valence-electron chi connectivity index (χ1n) is 7.82. The second-order valence-corrected chi connectivity index (χ2v) is 6.40. The number of benzene rings is 1. The van der Waals surface area contributed by atoms with Crippen molar-refractivity contribution in [2.24, 2.45) is 7.05 Å². The number of nitrogens with zero attached hydrogens (tertiary/aromatic N) is 3. The lowest BCUT2D eigenvalue weighted by Gasteiger charge is -2.31. The van der Waals surface area contributed by atoms with Gasteiger partial charge in [-0.1, -0.05) is 17.7 Å². The van der Waals surface area contributed by atoms with E-state index >= 15 is 0 Å². The quantitative estimate of drug-likeness (QED) is 0.850. The number of halogens is 1. The SMILES string of the molecule is CN(C(=O)C(=O)Nc1cccc(Cl)c1)[C@@H]1CCCc2c1cnn2C. The van der Waals surface area contributed by atoms with E-state index in [0.717, 1.165) is 30.5 Å². The van der Waals surface area contributed by atoms with Crippen molar-refractivity contribution in [1.82, 2.24) is 14.7 Å². The zero-order valence-electron chi connectivity index (χ0n) is 13.6. The molecule has 2 aromatic rings. The van der Waals surface area contributed by atoms with E-state index in [9.17, 15) is 9.59 Å². The Kier molecular flexibility index (Phi) is 4.57. The molecule has 0 aliphatic heterocycles. The number of carbonyl (C=O) groups is 2. The average Bonchev–Trinajstić information content (AvgIpc) is 2.95. The van der Waals surface area contributed by atoms with Crippen LogP contribution in [0.2, 0.25) is 5.02 Å². The molecule has 1 N–H and O–H groups in total. The summed E-state index contributed by atoms with van der Waals surface area (Å²) in [5.74, 6) is -1.24. The van der Waals surface area contributed by atoms with Crippen LogP contribution in [0.4, 0.5) is 5.69 Å².